The van der Waals surface area contributed by atoms with E-state index in [2.05, 4.69) is 133 Å². The lowest BCUT2D eigenvalue weighted by Gasteiger charge is -2.14. The standard InChI is InChI=1S/C53H31N3O2/c1-2-14-32(15-3-1)52-54-45(31-46(55-52)42-25-13-24-41-38-20-8-10-26-47(38)57-51(41)42)36-29-33-16-4-5-19-37(33)44(30-36)34-17-12-18-35(28-34)50-40-22-7-6-21-39(40)49-43-23-9-11-27-48(43)58-53(49)56-50/h1-31H. The van der Waals surface area contributed by atoms with Crippen molar-refractivity contribution >= 4 is 65.6 Å². The Bertz CT molecular complexity index is 3580. The van der Waals surface area contributed by atoms with Crippen molar-refractivity contribution in [1.29, 1.82) is 0 Å². The van der Waals surface area contributed by atoms with E-state index in [1.807, 2.05) is 54.6 Å². The number of fused-ring (bicyclic) bond motifs is 9. The minimum Gasteiger partial charge on any atom is -0.455 e. The molecule has 0 fully saturated rings. The molecule has 8 aromatic carbocycles. The molecular formula is C53H31N3O2. The Morgan fingerprint density at radius 1 is 0.345 bits per heavy atom. The first-order chi connectivity index (χ1) is 28.7. The molecule has 0 radical (unpaired) electrons. The Balaban J connectivity index is 1.06. The number of aromatic nitrogens is 3. The van der Waals surface area contributed by atoms with E-state index in [-0.39, 0.29) is 0 Å². The summed E-state index contributed by atoms with van der Waals surface area (Å²) in [4.78, 5) is 15.6. The topological polar surface area (TPSA) is 65.0 Å². The van der Waals surface area contributed by atoms with Crippen LogP contribution in [0.15, 0.2) is 197 Å². The predicted molar refractivity (Wildman–Crippen MR) is 237 cm³/mol. The summed E-state index contributed by atoms with van der Waals surface area (Å²) < 4.78 is 12.9. The number of para-hydroxylation sites is 3. The van der Waals surface area contributed by atoms with Crippen LogP contribution in [0.25, 0.3) is 122 Å². The summed E-state index contributed by atoms with van der Waals surface area (Å²) >= 11 is 0. The van der Waals surface area contributed by atoms with E-state index >= 15 is 0 Å². The van der Waals surface area contributed by atoms with Crippen LogP contribution in [0.3, 0.4) is 0 Å². The van der Waals surface area contributed by atoms with E-state index in [9.17, 15) is 0 Å². The lowest BCUT2D eigenvalue weighted by Crippen LogP contribution is -1.96. The van der Waals surface area contributed by atoms with Gasteiger partial charge in [0.15, 0.2) is 5.82 Å². The highest BCUT2D eigenvalue weighted by Crippen LogP contribution is 2.41. The highest BCUT2D eigenvalue weighted by molar-refractivity contribution is 6.20. The maximum Gasteiger partial charge on any atom is 0.228 e. The molecule has 4 heterocycles. The van der Waals surface area contributed by atoms with Crippen LogP contribution in [0.5, 0.6) is 0 Å². The molecule has 5 nitrogen and oxygen atoms in total. The first-order valence-corrected chi connectivity index (χ1v) is 19.4. The molecule has 0 unspecified atom stereocenters. The van der Waals surface area contributed by atoms with Crippen LogP contribution in [0.1, 0.15) is 0 Å². The molecule has 12 aromatic rings. The van der Waals surface area contributed by atoms with E-state index in [1.165, 1.54) is 0 Å². The second-order valence-electron chi connectivity index (χ2n) is 14.7. The molecule has 0 aliphatic rings. The third kappa shape index (κ3) is 5.14. The van der Waals surface area contributed by atoms with Gasteiger partial charge in [-0.25, -0.2) is 15.0 Å². The zero-order valence-corrected chi connectivity index (χ0v) is 31.1. The van der Waals surface area contributed by atoms with E-state index < -0.39 is 0 Å². The van der Waals surface area contributed by atoms with E-state index in [0.29, 0.717) is 11.5 Å². The molecule has 5 heteroatoms. The molecule has 0 saturated carbocycles. The second-order valence-corrected chi connectivity index (χ2v) is 14.7. The van der Waals surface area contributed by atoms with Crippen LogP contribution >= 0.6 is 0 Å². The van der Waals surface area contributed by atoms with Gasteiger partial charge in [-0.1, -0.05) is 146 Å². The number of furan rings is 2. The van der Waals surface area contributed by atoms with Gasteiger partial charge < -0.3 is 8.83 Å². The van der Waals surface area contributed by atoms with E-state index in [4.69, 9.17) is 23.8 Å². The van der Waals surface area contributed by atoms with Crippen LogP contribution in [-0.2, 0) is 0 Å². The number of rotatable bonds is 5. The maximum atomic E-state index is 6.51. The fraction of sp³-hybridized carbons (Fsp3) is 0. The first-order valence-electron chi connectivity index (χ1n) is 19.4. The summed E-state index contributed by atoms with van der Waals surface area (Å²) in [5, 5.41) is 8.73. The summed E-state index contributed by atoms with van der Waals surface area (Å²) in [7, 11) is 0. The molecule has 0 bridgehead atoms. The molecule has 0 aliphatic heterocycles. The molecular weight excluding hydrogens is 711 g/mol. The quantitative estimate of drug-likeness (QED) is 0.176. The molecule has 58 heavy (non-hydrogen) atoms. The van der Waals surface area contributed by atoms with Crippen LogP contribution in [-0.4, -0.2) is 15.0 Å². The third-order valence-electron chi connectivity index (χ3n) is 11.3. The smallest absolute Gasteiger partial charge is 0.228 e. The van der Waals surface area contributed by atoms with E-state index in [0.717, 1.165) is 110 Å². The van der Waals surface area contributed by atoms with Crippen molar-refractivity contribution in [2.24, 2.45) is 0 Å². The van der Waals surface area contributed by atoms with Gasteiger partial charge in [-0.05, 0) is 69.8 Å². The Hall–Kier alpha value is -7.89. The summed E-state index contributed by atoms with van der Waals surface area (Å²) in [5.74, 6) is 0.650. The highest BCUT2D eigenvalue weighted by Gasteiger charge is 2.19. The van der Waals surface area contributed by atoms with Crippen molar-refractivity contribution in [1.82, 2.24) is 15.0 Å². The van der Waals surface area contributed by atoms with Gasteiger partial charge in [-0.2, -0.15) is 0 Å². The Kier molecular flexibility index (Phi) is 7.16. The lowest BCUT2D eigenvalue weighted by atomic mass is 9.92. The zero-order valence-electron chi connectivity index (χ0n) is 31.1. The Morgan fingerprint density at radius 2 is 0.983 bits per heavy atom. The first kappa shape index (κ1) is 32.4. The van der Waals surface area contributed by atoms with Gasteiger partial charge in [-0.15, -0.1) is 0 Å². The number of benzene rings is 8. The monoisotopic (exact) mass is 741 g/mol. The number of pyridine rings is 1. The van der Waals surface area contributed by atoms with Crippen molar-refractivity contribution in [3.8, 4) is 56.3 Å². The van der Waals surface area contributed by atoms with Crippen LogP contribution < -0.4 is 0 Å². The normalized spacial score (nSPS) is 11.8. The molecule has 0 saturated heterocycles. The minimum absolute atomic E-state index is 0.639. The fourth-order valence-electron chi connectivity index (χ4n) is 8.59. The Labute approximate surface area is 332 Å². The number of hydrogen-bond acceptors (Lipinski definition) is 5. The fourth-order valence-corrected chi connectivity index (χ4v) is 8.59. The van der Waals surface area contributed by atoms with Crippen molar-refractivity contribution in [3.63, 3.8) is 0 Å². The van der Waals surface area contributed by atoms with Gasteiger partial charge in [0.2, 0.25) is 5.71 Å². The van der Waals surface area contributed by atoms with Crippen LogP contribution in [0.2, 0.25) is 0 Å². The lowest BCUT2D eigenvalue weighted by molar-refractivity contribution is 0.655. The molecule has 0 N–H and O–H groups in total. The molecule has 270 valence electrons. The molecule has 0 aliphatic carbocycles. The molecule has 4 aromatic heterocycles. The van der Waals surface area contributed by atoms with Crippen molar-refractivity contribution in [3.05, 3.63) is 188 Å². The SMILES string of the molecule is c1ccc(-c2nc(-c3cc(-c4cccc(-c5nc6oc7ccccc7c6c6ccccc56)c4)c4ccccc4c3)cc(-c3cccc4c3oc3ccccc34)n2)cc1. The minimum atomic E-state index is 0.639. The van der Waals surface area contributed by atoms with Crippen molar-refractivity contribution in [2.75, 3.05) is 0 Å². The molecule has 0 amide bonds. The van der Waals surface area contributed by atoms with Gasteiger partial charge in [0.25, 0.3) is 0 Å². The number of nitrogens with zero attached hydrogens (tertiary/aromatic N) is 3. The molecule has 12 rings (SSSR count). The highest BCUT2D eigenvalue weighted by atomic mass is 16.3. The van der Waals surface area contributed by atoms with Gasteiger partial charge in [0.05, 0.1) is 22.5 Å². The molecule has 0 spiro atoms. The summed E-state index contributed by atoms with van der Waals surface area (Å²) in [5.41, 5.74) is 11.7. The van der Waals surface area contributed by atoms with Crippen LogP contribution in [0.4, 0.5) is 0 Å². The van der Waals surface area contributed by atoms with Gasteiger partial charge in [-0.3, -0.25) is 0 Å². The summed E-state index contributed by atoms with van der Waals surface area (Å²) in [6, 6.07) is 65.1. The summed E-state index contributed by atoms with van der Waals surface area (Å²) in [6.07, 6.45) is 0. The number of hydrogen-bond donors (Lipinski definition) is 0. The average Bonchev–Trinajstić information content (AvgIpc) is 3.87. The summed E-state index contributed by atoms with van der Waals surface area (Å²) in [6.45, 7) is 0. The van der Waals surface area contributed by atoms with Crippen molar-refractivity contribution in [2.45, 2.75) is 0 Å². The third-order valence-corrected chi connectivity index (χ3v) is 11.3. The van der Waals surface area contributed by atoms with Gasteiger partial charge in [0.1, 0.15) is 16.7 Å². The largest absolute Gasteiger partial charge is 0.455 e. The van der Waals surface area contributed by atoms with Gasteiger partial charge >= 0.3 is 0 Å². The van der Waals surface area contributed by atoms with Gasteiger partial charge in [0, 0.05) is 43.8 Å². The van der Waals surface area contributed by atoms with Crippen molar-refractivity contribution < 1.29 is 8.83 Å². The maximum absolute atomic E-state index is 6.51. The Morgan fingerprint density at radius 3 is 1.84 bits per heavy atom. The van der Waals surface area contributed by atoms with E-state index in [1.54, 1.807) is 0 Å². The molecule has 0 atom stereocenters. The zero-order chi connectivity index (χ0) is 38.2. The van der Waals surface area contributed by atoms with Crippen LogP contribution in [0, 0.1) is 0 Å². The second kappa shape index (κ2) is 12.8. The predicted octanol–water partition coefficient (Wildman–Crippen LogP) is 14.3. The average molecular weight is 742 g/mol.